The third-order valence-corrected chi connectivity index (χ3v) is 3.66. The number of nitrogens with one attached hydrogen (secondary N) is 1. The predicted octanol–water partition coefficient (Wildman–Crippen LogP) is 3.17. The summed E-state index contributed by atoms with van der Waals surface area (Å²) in [7, 11) is 2.18. The van der Waals surface area contributed by atoms with Gasteiger partial charge in [-0.2, -0.15) is 5.26 Å². The monoisotopic (exact) mass is 253 g/mol. The maximum Gasteiger partial charge on any atom is 0.103 e. The highest BCUT2D eigenvalue weighted by Crippen LogP contribution is 2.13. The van der Waals surface area contributed by atoms with E-state index in [1.165, 1.54) is 12.8 Å². The Bertz CT molecular complexity index is 247. The number of nitriles is 1. The van der Waals surface area contributed by atoms with Crippen molar-refractivity contribution in [3.8, 4) is 6.07 Å². The Kier molecular flexibility index (Phi) is 9.05. The fraction of sp³-hybridized carbons (Fsp3) is 0.933. The summed E-state index contributed by atoms with van der Waals surface area (Å²) in [5, 5.41) is 12.6. The molecule has 0 heterocycles. The minimum absolute atomic E-state index is 0.356. The molecule has 106 valence electrons. The van der Waals surface area contributed by atoms with Crippen molar-refractivity contribution < 1.29 is 0 Å². The van der Waals surface area contributed by atoms with E-state index in [0.717, 1.165) is 32.4 Å². The van der Waals surface area contributed by atoms with E-state index in [0.29, 0.717) is 6.04 Å². The van der Waals surface area contributed by atoms with Crippen LogP contribution >= 0.6 is 0 Å². The van der Waals surface area contributed by atoms with Crippen LogP contribution in [-0.2, 0) is 0 Å². The van der Waals surface area contributed by atoms with Crippen LogP contribution in [-0.4, -0.2) is 36.6 Å². The van der Waals surface area contributed by atoms with Crippen LogP contribution in [0.3, 0.4) is 0 Å². The van der Waals surface area contributed by atoms with Gasteiger partial charge in [-0.1, -0.05) is 20.3 Å². The van der Waals surface area contributed by atoms with Crippen molar-refractivity contribution in [3.63, 3.8) is 0 Å². The highest BCUT2D eigenvalue weighted by molar-refractivity contribution is 5.03. The Labute approximate surface area is 114 Å². The van der Waals surface area contributed by atoms with Gasteiger partial charge < -0.3 is 4.90 Å². The maximum absolute atomic E-state index is 9.24. The molecule has 3 heteroatoms. The van der Waals surface area contributed by atoms with Gasteiger partial charge in [0.05, 0.1) is 6.07 Å². The molecule has 0 aromatic rings. The van der Waals surface area contributed by atoms with Crippen LogP contribution in [0.2, 0.25) is 0 Å². The molecule has 3 nitrogen and oxygen atoms in total. The van der Waals surface area contributed by atoms with E-state index in [9.17, 15) is 5.26 Å². The number of nitrogens with zero attached hydrogens (tertiary/aromatic N) is 2. The van der Waals surface area contributed by atoms with Crippen molar-refractivity contribution in [2.24, 2.45) is 0 Å². The molecule has 0 aromatic heterocycles. The third-order valence-electron chi connectivity index (χ3n) is 3.66. The van der Waals surface area contributed by atoms with Crippen molar-refractivity contribution in [3.05, 3.63) is 0 Å². The van der Waals surface area contributed by atoms with Gasteiger partial charge in [-0.3, -0.25) is 5.32 Å². The Morgan fingerprint density at radius 2 is 2.00 bits per heavy atom. The van der Waals surface area contributed by atoms with E-state index in [2.05, 4.69) is 44.1 Å². The van der Waals surface area contributed by atoms with Crippen LogP contribution in [0, 0.1) is 11.3 Å². The fourth-order valence-corrected chi connectivity index (χ4v) is 2.13. The Hall–Kier alpha value is -0.590. The first kappa shape index (κ1) is 17.4. The number of hydrogen-bond donors (Lipinski definition) is 1. The third kappa shape index (κ3) is 6.98. The van der Waals surface area contributed by atoms with Crippen LogP contribution in [0.25, 0.3) is 0 Å². The van der Waals surface area contributed by atoms with Crippen LogP contribution in [0.1, 0.15) is 59.8 Å². The van der Waals surface area contributed by atoms with Gasteiger partial charge in [0.2, 0.25) is 0 Å². The molecule has 0 saturated carbocycles. The number of rotatable bonds is 10. The molecule has 0 saturated heterocycles. The molecule has 0 aromatic carbocycles. The largest absolute Gasteiger partial charge is 0.304 e. The van der Waals surface area contributed by atoms with E-state index >= 15 is 0 Å². The lowest BCUT2D eigenvalue weighted by atomic mass is 9.97. The van der Waals surface area contributed by atoms with Gasteiger partial charge in [-0.05, 0) is 59.7 Å². The smallest absolute Gasteiger partial charge is 0.103 e. The standard InChI is InChI=1S/C15H31N3/c1-6-9-14(3)18(5)12-8-10-15(4,13-16)17-11-7-2/h14,17H,6-12H2,1-5H3. The minimum Gasteiger partial charge on any atom is -0.304 e. The minimum atomic E-state index is -0.356. The summed E-state index contributed by atoms with van der Waals surface area (Å²) in [6.45, 7) is 10.6. The van der Waals surface area contributed by atoms with Crippen molar-refractivity contribution in [1.29, 1.82) is 5.26 Å². The molecule has 0 aliphatic rings. The Balaban J connectivity index is 3.96. The molecular formula is C15H31N3. The second kappa shape index (κ2) is 9.35. The van der Waals surface area contributed by atoms with Crippen LogP contribution in [0.5, 0.6) is 0 Å². The molecule has 2 unspecified atom stereocenters. The van der Waals surface area contributed by atoms with Gasteiger partial charge in [0, 0.05) is 6.04 Å². The molecule has 0 spiro atoms. The first-order valence-corrected chi connectivity index (χ1v) is 7.35. The van der Waals surface area contributed by atoms with Crippen LogP contribution < -0.4 is 5.32 Å². The average Bonchev–Trinajstić information content (AvgIpc) is 2.36. The summed E-state index contributed by atoms with van der Waals surface area (Å²) in [5.74, 6) is 0. The zero-order valence-corrected chi connectivity index (χ0v) is 12.9. The van der Waals surface area contributed by atoms with Gasteiger partial charge in [0.15, 0.2) is 0 Å². The quantitative estimate of drug-likeness (QED) is 0.650. The summed E-state index contributed by atoms with van der Waals surface area (Å²) in [6.07, 6.45) is 5.56. The molecule has 0 aliphatic carbocycles. The summed E-state index contributed by atoms with van der Waals surface area (Å²) in [4.78, 5) is 2.40. The highest BCUT2D eigenvalue weighted by atomic mass is 15.1. The second-order valence-corrected chi connectivity index (χ2v) is 5.59. The van der Waals surface area contributed by atoms with Gasteiger partial charge in [-0.15, -0.1) is 0 Å². The molecule has 2 atom stereocenters. The zero-order valence-electron chi connectivity index (χ0n) is 12.9. The van der Waals surface area contributed by atoms with Crippen LogP contribution in [0.4, 0.5) is 0 Å². The van der Waals surface area contributed by atoms with Gasteiger partial charge >= 0.3 is 0 Å². The van der Waals surface area contributed by atoms with Gasteiger partial charge in [0.25, 0.3) is 0 Å². The fourth-order valence-electron chi connectivity index (χ4n) is 2.13. The average molecular weight is 253 g/mol. The SMILES string of the molecule is CCCNC(C)(C#N)CCCN(C)C(C)CCC. The van der Waals surface area contributed by atoms with E-state index in [1.54, 1.807) is 0 Å². The summed E-state index contributed by atoms with van der Waals surface area (Å²) >= 11 is 0. The van der Waals surface area contributed by atoms with Crippen LogP contribution in [0.15, 0.2) is 0 Å². The second-order valence-electron chi connectivity index (χ2n) is 5.59. The molecule has 1 N–H and O–H groups in total. The number of hydrogen-bond acceptors (Lipinski definition) is 3. The lowest BCUT2D eigenvalue weighted by Gasteiger charge is -2.27. The molecule has 0 amide bonds. The van der Waals surface area contributed by atoms with Crippen molar-refractivity contribution >= 4 is 0 Å². The van der Waals surface area contributed by atoms with E-state index in [-0.39, 0.29) is 5.54 Å². The highest BCUT2D eigenvalue weighted by Gasteiger charge is 2.22. The summed E-state index contributed by atoms with van der Waals surface area (Å²) in [5.41, 5.74) is -0.356. The van der Waals surface area contributed by atoms with Crippen molar-refractivity contribution in [2.75, 3.05) is 20.1 Å². The van der Waals surface area contributed by atoms with Gasteiger partial charge in [0.1, 0.15) is 5.54 Å². The summed E-state index contributed by atoms with van der Waals surface area (Å²) < 4.78 is 0. The lowest BCUT2D eigenvalue weighted by Crippen LogP contribution is -2.42. The Morgan fingerprint density at radius 3 is 2.50 bits per heavy atom. The zero-order chi connectivity index (χ0) is 14.0. The van der Waals surface area contributed by atoms with Crippen molar-refractivity contribution in [2.45, 2.75) is 71.4 Å². The molecule has 0 fully saturated rings. The summed E-state index contributed by atoms with van der Waals surface area (Å²) in [6, 6.07) is 3.06. The molecular weight excluding hydrogens is 222 g/mol. The molecule has 0 bridgehead atoms. The van der Waals surface area contributed by atoms with E-state index in [4.69, 9.17) is 0 Å². The predicted molar refractivity (Wildman–Crippen MR) is 78.5 cm³/mol. The first-order valence-electron chi connectivity index (χ1n) is 7.35. The van der Waals surface area contributed by atoms with E-state index < -0.39 is 0 Å². The lowest BCUT2D eigenvalue weighted by molar-refractivity contribution is 0.232. The van der Waals surface area contributed by atoms with E-state index in [1.807, 2.05) is 6.92 Å². The molecule has 18 heavy (non-hydrogen) atoms. The van der Waals surface area contributed by atoms with Gasteiger partial charge in [-0.25, -0.2) is 0 Å². The molecule has 0 aliphatic heterocycles. The molecule has 0 rings (SSSR count). The normalized spacial score (nSPS) is 16.3. The van der Waals surface area contributed by atoms with Crippen molar-refractivity contribution in [1.82, 2.24) is 10.2 Å². The molecule has 0 radical (unpaired) electrons. The maximum atomic E-state index is 9.24. The topological polar surface area (TPSA) is 39.1 Å². The Morgan fingerprint density at radius 1 is 1.33 bits per heavy atom. The first-order chi connectivity index (χ1) is 8.49.